The van der Waals surface area contributed by atoms with E-state index in [2.05, 4.69) is 15.2 Å². The van der Waals surface area contributed by atoms with Crippen molar-refractivity contribution >= 4 is 16.8 Å². The third kappa shape index (κ3) is 3.30. The summed E-state index contributed by atoms with van der Waals surface area (Å²) in [6.45, 7) is 0. The first-order valence-corrected chi connectivity index (χ1v) is 8.46. The van der Waals surface area contributed by atoms with Gasteiger partial charge in [-0.2, -0.15) is 10.2 Å². The minimum atomic E-state index is -0.694. The Morgan fingerprint density at radius 2 is 2.00 bits per heavy atom. The molecule has 3 heterocycles. The predicted octanol–water partition coefficient (Wildman–Crippen LogP) is 2.12. The number of hydrogen-bond donors (Lipinski definition) is 2. The second-order valence-electron chi connectivity index (χ2n) is 6.30. The van der Waals surface area contributed by atoms with E-state index >= 15 is 0 Å². The first-order valence-electron chi connectivity index (χ1n) is 8.46. The number of aryl methyl sites for hydroxylation is 1. The van der Waals surface area contributed by atoms with Crippen LogP contribution in [0.25, 0.3) is 22.2 Å². The van der Waals surface area contributed by atoms with Crippen LogP contribution in [0.3, 0.4) is 0 Å². The molecule has 0 aliphatic carbocycles. The van der Waals surface area contributed by atoms with Gasteiger partial charge >= 0.3 is 0 Å². The average Bonchev–Trinajstić information content (AvgIpc) is 3.32. The number of carbonyl (C=O) groups excluding carboxylic acids is 1. The maximum absolute atomic E-state index is 12.3. The Hall–Kier alpha value is -3.52. The summed E-state index contributed by atoms with van der Waals surface area (Å²) in [7, 11) is 1.85. The second-order valence-corrected chi connectivity index (χ2v) is 6.30. The lowest BCUT2D eigenvalue weighted by Crippen LogP contribution is -2.32. The number of hydroxylamine groups is 1. The van der Waals surface area contributed by atoms with Gasteiger partial charge in [0, 0.05) is 30.6 Å². The summed E-state index contributed by atoms with van der Waals surface area (Å²) in [5, 5.41) is 18.6. The molecule has 0 aliphatic heterocycles. The molecule has 136 valence electrons. The molecule has 8 nitrogen and oxygen atoms in total. The molecule has 0 bridgehead atoms. The highest BCUT2D eigenvalue weighted by Crippen LogP contribution is 2.24. The highest BCUT2D eigenvalue weighted by Gasteiger charge is 2.23. The van der Waals surface area contributed by atoms with Crippen LogP contribution in [0.15, 0.2) is 61.2 Å². The topological polar surface area (TPSA) is 97.9 Å². The summed E-state index contributed by atoms with van der Waals surface area (Å²) in [6, 6.07) is 10.8. The number of aromatic nitrogens is 5. The molecule has 1 unspecified atom stereocenters. The van der Waals surface area contributed by atoms with Gasteiger partial charge in [-0.25, -0.2) is 5.48 Å². The Morgan fingerprint density at radius 3 is 2.70 bits per heavy atom. The van der Waals surface area contributed by atoms with E-state index in [1.54, 1.807) is 33.4 Å². The minimum Gasteiger partial charge on any atom is -0.289 e. The van der Waals surface area contributed by atoms with Crippen LogP contribution in [-0.4, -0.2) is 35.7 Å². The lowest BCUT2D eigenvalue weighted by molar-refractivity contribution is -0.132. The number of hydrogen-bond acceptors (Lipinski definition) is 5. The van der Waals surface area contributed by atoms with Crippen molar-refractivity contribution in [1.82, 2.24) is 30.0 Å². The zero-order chi connectivity index (χ0) is 18.8. The fourth-order valence-corrected chi connectivity index (χ4v) is 3.11. The number of pyridine rings is 1. The molecule has 0 fully saturated rings. The molecule has 27 heavy (non-hydrogen) atoms. The van der Waals surface area contributed by atoms with Gasteiger partial charge in [0.25, 0.3) is 5.91 Å². The third-order valence-corrected chi connectivity index (χ3v) is 4.46. The van der Waals surface area contributed by atoms with Gasteiger partial charge < -0.3 is 0 Å². The van der Waals surface area contributed by atoms with Gasteiger partial charge in [0.15, 0.2) is 0 Å². The Balaban J connectivity index is 1.73. The molecule has 2 N–H and O–H groups in total. The summed E-state index contributed by atoms with van der Waals surface area (Å²) in [6.07, 6.45) is 7.41. The van der Waals surface area contributed by atoms with Crippen LogP contribution in [0.1, 0.15) is 11.6 Å². The van der Waals surface area contributed by atoms with Crippen LogP contribution < -0.4 is 5.48 Å². The number of fused-ring (bicyclic) bond motifs is 1. The molecule has 8 heteroatoms. The molecule has 4 rings (SSSR count). The van der Waals surface area contributed by atoms with E-state index < -0.39 is 11.9 Å². The summed E-state index contributed by atoms with van der Waals surface area (Å²) in [4.78, 5) is 16.8. The predicted molar refractivity (Wildman–Crippen MR) is 98.8 cm³/mol. The Bertz CT molecular complexity index is 1090. The number of benzene rings is 1. The van der Waals surface area contributed by atoms with Gasteiger partial charge in [-0.3, -0.25) is 24.3 Å². The summed E-state index contributed by atoms with van der Waals surface area (Å²) >= 11 is 0. The number of amides is 1. The van der Waals surface area contributed by atoms with Crippen LogP contribution in [-0.2, 0) is 18.3 Å². The van der Waals surface area contributed by atoms with Gasteiger partial charge in [0.05, 0.1) is 29.8 Å². The lowest BCUT2D eigenvalue weighted by atomic mass is 10.1. The van der Waals surface area contributed by atoms with Crippen molar-refractivity contribution in [3.8, 4) is 11.3 Å². The first kappa shape index (κ1) is 16.9. The second kappa shape index (κ2) is 7.00. The molecule has 0 saturated heterocycles. The molecule has 0 radical (unpaired) electrons. The third-order valence-electron chi connectivity index (χ3n) is 4.46. The first-order chi connectivity index (χ1) is 13.2. The van der Waals surface area contributed by atoms with E-state index in [4.69, 9.17) is 0 Å². The van der Waals surface area contributed by atoms with Gasteiger partial charge in [-0.1, -0.05) is 30.3 Å². The number of carbonyl (C=O) groups is 1. The standard InChI is InChI=1S/C19H18N6O2/c1-24-12-15(10-21-24)16-8-14-9-22-25(18(14)11-20-16)17(19(26)23-27)7-13-5-3-2-4-6-13/h2-6,8-12,17,27H,7H2,1H3,(H,23,26). The van der Waals surface area contributed by atoms with Gasteiger partial charge in [-0.05, 0) is 11.6 Å². The van der Waals surface area contributed by atoms with Crippen LogP contribution >= 0.6 is 0 Å². The van der Waals surface area contributed by atoms with E-state index in [0.29, 0.717) is 11.9 Å². The van der Waals surface area contributed by atoms with Crippen molar-refractivity contribution in [2.75, 3.05) is 0 Å². The normalized spacial score (nSPS) is 12.2. The van der Waals surface area contributed by atoms with E-state index in [9.17, 15) is 10.0 Å². The van der Waals surface area contributed by atoms with Gasteiger partial charge in [0.2, 0.25) is 0 Å². The van der Waals surface area contributed by atoms with Crippen molar-refractivity contribution < 1.29 is 10.0 Å². The smallest absolute Gasteiger partial charge is 0.268 e. The molecule has 0 saturated carbocycles. The Kier molecular flexibility index (Phi) is 4.39. The van der Waals surface area contributed by atoms with Crippen molar-refractivity contribution in [1.29, 1.82) is 0 Å². The van der Waals surface area contributed by atoms with Crippen LogP contribution in [0.5, 0.6) is 0 Å². The molecule has 3 aromatic heterocycles. The summed E-state index contributed by atoms with van der Waals surface area (Å²) in [5.74, 6) is -0.528. The molecule has 0 spiro atoms. The zero-order valence-electron chi connectivity index (χ0n) is 14.6. The summed E-state index contributed by atoms with van der Waals surface area (Å²) < 4.78 is 3.31. The maximum atomic E-state index is 12.3. The van der Waals surface area contributed by atoms with Crippen molar-refractivity contribution in [3.05, 3.63) is 66.7 Å². The van der Waals surface area contributed by atoms with E-state index in [1.807, 2.05) is 49.6 Å². The van der Waals surface area contributed by atoms with E-state index in [1.165, 1.54) is 0 Å². The Labute approximate surface area is 155 Å². The molecular weight excluding hydrogens is 344 g/mol. The van der Waals surface area contributed by atoms with Crippen molar-refractivity contribution in [3.63, 3.8) is 0 Å². The van der Waals surface area contributed by atoms with Crippen LogP contribution in [0, 0.1) is 0 Å². The van der Waals surface area contributed by atoms with Crippen LogP contribution in [0.2, 0.25) is 0 Å². The zero-order valence-corrected chi connectivity index (χ0v) is 14.6. The van der Waals surface area contributed by atoms with Crippen molar-refractivity contribution in [2.45, 2.75) is 12.5 Å². The quantitative estimate of drug-likeness (QED) is 0.419. The lowest BCUT2D eigenvalue weighted by Gasteiger charge is -2.16. The minimum absolute atomic E-state index is 0.397. The van der Waals surface area contributed by atoms with Crippen molar-refractivity contribution in [2.24, 2.45) is 7.05 Å². The molecule has 0 aliphatic rings. The number of nitrogens with one attached hydrogen (secondary N) is 1. The highest BCUT2D eigenvalue weighted by molar-refractivity contribution is 5.85. The monoisotopic (exact) mass is 362 g/mol. The number of nitrogens with zero attached hydrogens (tertiary/aromatic N) is 5. The van der Waals surface area contributed by atoms with Gasteiger partial charge in [-0.15, -0.1) is 0 Å². The molecule has 4 aromatic rings. The van der Waals surface area contributed by atoms with Crippen LogP contribution in [0.4, 0.5) is 0 Å². The molecular formula is C19H18N6O2. The Morgan fingerprint density at radius 1 is 1.19 bits per heavy atom. The maximum Gasteiger partial charge on any atom is 0.268 e. The average molecular weight is 362 g/mol. The molecule has 1 aromatic carbocycles. The number of rotatable bonds is 5. The van der Waals surface area contributed by atoms with E-state index in [0.717, 1.165) is 22.2 Å². The SMILES string of the molecule is Cn1cc(-c2cc3cnn(C(Cc4ccccc4)C(=O)NO)c3cn2)cn1. The van der Waals surface area contributed by atoms with Gasteiger partial charge in [0.1, 0.15) is 6.04 Å². The fourth-order valence-electron chi connectivity index (χ4n) is 3.11. The fraction of sp³-hybridized carbons (Fsp3) is 0.158. The molecule has 1 amide bonds. The largest absolute Gasteiger partial charge is 0.289 e. The highest BCUT2D eigenvalue weighted by atomic mass is 16.5. The van der Waals surface area contributed by atoms with E-state index in [-0.39, 0.29) is 0 Å². The summed E-state index contributed by atoms with van der Waals surface area (Å²) in [5.41, 5.74) is 5.11. The molecule has 1 atom stereocenters.